The summed E-state index contributed by atoms with van der Waals surface area (Å²) in [5, 5.41) is 3.86. The second kappa shape index (κ2) is 8.75. The summed E-state index contributed by atoms with van der Waals surface area (Å²) in [6.45, 7) is 3.08. The second-order valence-electron chi connectivity index (χ2n) is 6.97. The molecule has 3 aromatic rings. The first-order chi connectivity index (χ1) is 14.1. The molecule has 0 bridgehead atoms. The lowest BCUT2D eigenvalue weighted by Crippen LogP contribution is -2.29. The van der Waals surface area contributed by atoms with Gasteiger partial charge in [-0.2, -0.15) is 0 Å². The number of rotatable bonds is 6. The zero-order chi connectivity index (χ0) is 20.2. The molecule has 150 valence electrons. The molecule has 2 aromatic heterocycles. The van der Waals surface area contributed by atoms with Gasteiger partial charge in [-0.25, -0.2) is 9.97 Å². The molecule has 1 amide bonds. The molecule has 1 N–H and O–H groups in total. The molecule has 1 atom stereocenters. The van der Waals surface area contributed by atoms with E-state index in [9.17, 15) is 9.59 Å². The minimum Gasteiger partial charge on any atom is -0.376 e. The van der Waals surface area contributed by atoms with E-state index in [-0.39, 0.29) is 23.3 Å². The highest BCUT2D eigenvalue weighted by atomic mass is 32.2. The van der Waals surface area contributed by atoms with Crippen LogP contribution in [0.15, 0.2) is 52.5 Å². The van der Waals surface area contributed by atoms with E-state index >= 15 is 0 Å². The standard InChI is InChI=1S/C21H22N4O3S/c1-14-6-2-3-9-17(14)23-18(26)13-29-21-24-19-16(8-4-10-22-19)20(27)25(21)12-15-7-5-11-28-15/h2-4,6,8-10,15H,5,7,11-13H2,1H3,(H,23,26)/t15-/m0/s1. The monoisotopic (exact) mass is 410 g/mol. The molecule has 1 saturated heterocycles. The maximum atomic E-state index is 13.0. The molecule has 1 aliphatic rings. The van der Waals surface area contributed by atoms with Crippen molar-refractivity contribution in [1.82, 2.24) is 14.5 Å². The van der Waals surface area contributed by atoms with Crippen molar-refractivity contribution in [2.24, 2.45) is 0 Å². The van der Waals surface area contributed by atoms with Crippen LogP contribution in [0.4, 0.5) is 5.69 Å². The summed E-state index contributed by atoms with van der Waals surface area (Å²) in [6.07, 6.45) is 3.50. The number of carbonyl (C=O) groups is 1. The summed E-state index contributed by atoms with van der Waals surface area (Å²) < 4.78 is 7.32. The molecule has 0 saturated carbocycles. The van der Waals surface area contributed by atoms with Gasteiger partial charge in [0.1, 0.15) is 0 Å². The molecule has 1 aromatic carbocycles. The van der Waals surface area contributed by atoms with Crippen molar-refractivity contribution in [3.05, 3.63) is 58.5 Å². The number of nitrogens with one attached hydrogen (secondary N) is 1. The van der Waals surface area contributed by atoms with Crippen LogP contribution in [-0.4, -0.2) is 38.9 Å². The van der Waals surface area contributed by atoms with Gasteiger partial charge in [0, 0.05) is 18.5 Å². The number of thioether (sulfide) groups is 1. The van der Waals surface area contributed by atoms with Crippen LogP contribution in [0.25, 0.3) is 11.0 Å². The molecule has 0 aliphatic carbocycles. The summed E-state index contributed by atoms with van der Waals surface area (Å²) in [4.78, 5) is 34.3. The minimum atomic E-state index is -0.152. The zero-order valence-corrected chi connectivity index (χ0v) is 16.9. The number of amides is 1. The van der Waals surface area contributed by atoms with Crippen LogP contribution < -0.4 is 10.9 Å². The fourth-order valence-electron chi connectivity index (χ4n) is 3.33. The molecule has 7 nitrogen and oxygen atoms in total. The fourth-order valence-corrected chi connectivity index (χ4v) is 4.13. The SMILES string of the molecule is Cc1ccccc1NC(=O)CSc1nc2ncccc2c(=O)n1C[C@@H]1CCCO1. The Balaban J connectivity index is 1.57. The van der Waals surface area contributed by atoms with Crippen LogP contribution in [0.3, 0.4) is 0 Å². The third kappa shape index (κ3) is 4.49. The topological polar surface area (TPSA) is 86.1 Å². The highest BCUT2D eigenvalue weighted by Gasteiger charge is 2.21. The Morgan fingerprint density at radius 2 is 2.17 bits per heavy atom. The first-order valence-corrected chi connectivity index (χ1v) is 10.6. The Hall–Kier alpha value is -2.71. The van der Waals surface area contributed by atoms with Crippen molar-refractivity contribution < 1.29 is 9.53 Å². The lowest BCUT2D eigenvalue weighted by Gasteiger charge is -2.16. The number of nitrogens with zero attached hydrogens (tertiary/aromatic N) is 3. The number of hydrogen-bond donors (Lipinski definition) is 1. The first-order valence-electron chi connectivity index (χ1n) is 9.57. The third-order valence-corrected chi connectivity index (χ3v) is 5.83. The van der Waals surface area contributed by atoms with Gasteiger partial charge in [-0.15, -0.1) is 0 Å². The van der Waals surface area contributed by atoms with Crippen LogP contribution in [0, 0.1) is 6.92 Å². The van der Waals surface area contributed by atoms with Crippen LogP contribution in [-0.2, 0) is 16.1 Å². The molecule has 0 spiro atoms. The van der Waals surface area contributed by atoms with E-state index in [1.165, 1.54) is 11.8 Å². The van der Waals surface area contributed by atoms with Gasteiger partial charge in [-0.3, -0.25) is 14.2 Å². The van der Waals surface area contributed by atoms with Gasteiger partial charge in [0.25, 0.3) is 5.56 Å². The van der Waals surface area contributed by atoms with Crippen molar-refractivity contribution in [2.45, 2.75) is 37.6 Å². The van der Waals surface area contributed by atoms with Crippen molar-refractivity contribution >= 4 is 34.4 Å². The van der Waals surface area contributed by atoms with Gasteiger partial charge in [0.2, 0.25) is 5.91 Å². The summed E-state index contributed by atoms with van der Waals surface area (Å²) in [6, 6.07) is 11.1. The van der Waals surface area contributed by atoms with E-state index in [0.29, 0.717) is 29.3 Å². The van der Waals surface area contributed by atoms with Crippen molar-refractivity contribution in [3.63, 3.8) is 0 Å². The lowest BCUT2D eigenvalue weighted by molar-refractivity contribution is -0.113. The van der Waals surface area contributed by atoms with E-state index in [1.807, 2.05) is 31.2 Å². The molecule has 0 unspecified atom stereocenters. The number of anilines is 1. The molecule has 8 heteroatoms. The van der Waals surface area contributed by atoms with E-state index < -0.39 is 0 Å². The molecule has 0 radical (unpaired) electrons. The second-order valence-corrected chi connectivity index (χ2v) is 7.91. The molecule has 29 heavy (non-hydrogen) atoms. The third-order valence-electron chi connectivity index (χ3n) is 4.86. The van der Waals surface area contributed by atoms with Crippen molar-refractivity contribution in [2.75, 3.05) is 17.7 Å². The number of para-hydroxylation sites is 1. The molecule has 4 rings (SSSR count). The Morgan fingerprint density at radius 1 is 1.31 bits per heavy atom. The van der Waals surface area contributed by atoms with Gasteiger partial charge < -0.3 is 10.1 Å². The summed E-state index contributed by atoms with van der Waals surface area (Å²) >= 11 is 1.24. The minimum absolute atomic E-state index is 0.0104. The largest absolute Gasteiger partial charge is 0.376 e. The Morgan fingerprint density at radius 3 is 2.97 bits per heavy atom. The quantitative estimate of drug-likeness (QED) is 0.497. The van der Waals surface area contributed by atoms with Crippen molar-refractivity contribution in [1.29, 1.82) is 0 Å². The van der Waals surface area contributed by atoms with Gasteiger partial charge in [0.05, 0.1) is 23.8 Å². The first kappa shape index (κ1) is 19.6. The number of carbonyl (C=O) groups excluding carboxylic acids is 1. The number of ether oxygens (including phenoxy) is 1. The van der Waals surface area contributed by atoms with E-state index in [4.69, 9.17) is 4.74 Å². The Kier molecular flexibility index (Phi) is 5.92. The number of aromatic nitrogens is 3. The number of aryl methyl sites for hydroxylation is 1. The number of benzene rings is 1. The van der Waals surface area contributed by atoms with Crippen molar-refractivity contribution in [3.8, 4) is 0 Å². The highest BCUT2D eigenvalue weighted by molar-refractivity contribution is 7.99. The average molecular weight is 410 g/mol. The van der Waals surface area contributed by atoms with Crippen LogP contribution >= 0.6 is 11.8 Å². The number of fused-ring (bicyclic) bond motifs is 1. The maximum Gasteiger partial charge on any atom is 0.263 e. The van der Waals surface area contributed by atoms with Gasteiger partial charge in [-0.05, 0) is 43.5 Å². The molecule has 1 aliphatic heterocycles. The molecule has 3 heterocycles. The van der Waals surface area contributed by atoms with Crippen LogP contribution in [0.5, 0.6) is 0 Å². The summed E-state index contributed by atoms with van der Waals surface area (Å²) in [7, 11) is 0. The number of pyridine rings is 1. The normalized spacial score (nSPS) is 16.2. The van der Waals surface area contributed by atoms with Gasteiger partial charge >= 0.3 is 0 Å². The summed E-state index contributed by atoms with van der Waals surface area (Å²) in [5.74, 6) is -0.00620. The van der Waals surface area contributed by atoms with Gasteiger partial charge in [-0.1, -0.05) is 30.0 Å². The highest BCUT2D eigenvalue weighted by Crippen LogP contribution is 2.21. The van der Waals surface area contributed by atoms with E-state index in [0.717, 1.165) is 24.1 Å². The Labute approximate surface area is 172 Å². The smallest absolute Gasteiger partial charge is 0.263 e. The maximum absolute atomic E-state index is 13.0. The molecular formula is C21H22N4O3S. The summed E-state index contributed by atoms with van der Waals surface area (Å²) in [5.41, 5.74) is 2.01. The van der Waals surface area contributed by atoms with Crippen LogP contribution in [0.1, 0.15) is 18.4 Å². The predicted molar refractivity (Wildman–Crippen MR) is 113 cm³/mol. The Bertz CT molecular complexity index is 1090. The average Bonchev–Trinajstić information content (AvgIpc) is 3.24. The lowest BCUT2D eigenvalue weighted by atomic mass is 10.2. The zero-order valence-electron chi connectivity index (χ0n) is 16.1. The van der Waals surface area contributed by atoms with Crippen LogP contribution in [0.2, 0.25) is 0 Å². The predicted octanol–water partition coefficient (Wildman–Crippen LogP) is 3.01. The number of hydrogen-bond acceptors (Lipinski definition) is 6. The molecular weight excluding hydrogens is 388 g/mol. The van der Waals surface area contributed by atoms with E-state index in [1.54, 1.807) is 22.9 Å². The van der Waals surface area contributed by atoms with Gasteiger partial charge in [0.15, 0.2) is 10.8 Å². The van der Waals surface area contributed by atoms with E-state index in [2.05, 4.69) is 15.3 Å². The fraction of sp³-hybridized carbons (Fsp3) is 0.333. The molecule has 1 fully saturated rings.